The molecule has 2 aliphatic heterocycles. The summed E-state index contributed by atoms with van der Waals surface area (Å²) in [6, 6.07) is 14.3. The fourth-order valence-electron chi connectivity index (χ4n) is 4.49. The second kappa shape index (κ2) is 10.7. The quantitative estimate of drug-likeness (QED) is 0.456. The lowest BCUT2D eigenvalue weighted by molar-refractivity contribution is 0.0926. The van der Waals surface area contributed by atoms with Crippen LogP contribution in [0.1, 0.15) is 36.5 Å². The molecule has 2 fully saturated rings. The van der Waals surface area contributed by atoms with Crippen molar-refractivity contribution in [2.24, 2.45) is 0 Å². The number of benzene rings is 1. The Morgan fingerprint density at radius 3 is 2.55 bits per heavy atom. The maximum Gasteiger partial charge on any atom is 0.176 e. The Morgan fingerprint density at radius 2 is 1.87 bits per heavy atom. The number of pyridine rings is 1. The summed E-state index contributed by atoms with van der Waals surface area (Å²) >= 11 is 0. The Labute approximate surface area is 185 Å². The third-order valence-corrected chi connectivity index (χ3v) is 6.44. The van der Waals surface area contributed by atoms with Gasteiger partial charge in [0.05, 0.1) is 13.2 Å². The lowest BCUT2D eigenvalue weighted by atomic mass is 10.1. The van der Waals surface area contributed by atoms with Crippen molar-refractivity contribution in [2.45, 2.75) is 32.2 Å². The molecule has 0 saturated carbocycles. The molecule has 166 valence electrons. The molecule has 6 heteroatoms. The van der Waals surface area contributed by atoms with Crippen LogP contribution in [0.3, 0.4) is 0 Å². The lowest BCUT2D eigenvalue weighted by Crippen LogP contribution is -2.48. The SMILES string of the molecule is CC1CCCN1CCCOc1ccc(C(=O)CN2CCN(c3ccccn3)CC2)cc1. The van der Waals surface area contributed by atoms with E-state index in [1.54, 1.807) is 0 Å². The number of nitrogens with zero attached hydrogens (tertiary/aromatic N) is 4. The number of anilines is 1. The van der Waals surface area contributed by atoms with E-state index in [1.165, 1.54) is 19.4 Å². The first-order chi connectivity index (χ1) is 15.2. The minimum Gasteiger partial charge on any atom is -0.494 e. The first-order valence-corrected chi connectivity index (χ1v) is 11.6. The van der Waals surface area contributed by atoms with Gasteiger partial charge in [-0.05, 0) is 69.1 Å². The lowest BCUT2D eigenvalue weighted by Gasteiger charge is -2.35. The number of piperazine rings is 1. The molecule has 2 aliphatic rings. The van der Waals surface area contributed by atoms with Crippen LogP contribution in [0.4, 0.5) is 5.82 Å². The number of carbonyl (C=O) groups is 1. The molecule has 1 atom stereocenters. The van der Waals surface area contributed by atoms with Crippen LogP contribution in [0.25, 0.3) is 0 Å². The van der Waals surface area contributed by atoms with Crippen molar-refractivity contribution < 1.29 is 9.53 Å². The normalized spacial score (nSPS) is 20.2. The molecule has 2 saturated heterocycles. The van der Waals surface area contributed by atoms with Gasteiger partial charge in [0.25, 0.3) is 0 Å². The molecular formula is C25H34N4O2. The largest absolute Gasteiger partial charge is 0.494 e. The third-order valence-electron chi connectivity index (χ3n) is 6.44. The van der Waals surface area contributed by atoms with Gasteiger partial charge in [-0.2, -0.15) is 0 Å². The van der Waals surface area contributed by atoms with Crippen molar-refractivity contribution in [3.8, 4) is 5.75 Å². The maximum atomic E-state index is 12.7. The van der Waals surface area contributed by atoms with Crippen molar-refractivity contribution in [3.05, 3.63) is 54.2 Å². The molecule has 4 rings (SSSR count). The van der Waals surface area contributed by atoms with E-state index in [9.17, 15) is 4.79 Å². The van der Waals surface area contributed by atoms with E-state index in [2.05, 4.69) is 26.6 Å². The van der Waals surface area contributed by atoms with Gasteiger partial charge in [-0.3, -0.25) is 9.69 Å². The second-order valence-corrected chi connectivity index (χ2v) is 8.63. The third kappa shape index (κ3) is 6.05. The average Bonchev–Trinajstić information content (AvgIpc) is 3.23. The number of carbonyl (C=O) groups excluding carboxylic acids is 1. The number of aromatic nitrogens is 1. The van der Waals surface area contributed by atoms with Gasteiger partial charge in [0.1, 0.15) is 11.6 Å². The zero-order valence-electron chi connectivity index (χ0n) is 18.6. The van der Waals surface area contributed by atoms with Gasteiger partial charge < -0.3 is 14.5 Å². The van der Waals surface area contributed by atoms with E-state index in [4.69, 9.17) is 4.74 Å². The first-order valence-electron chi connectivity index (χ1n) is 11.6. The highest BCUT2D eigenvalue weighted by Crippen LogP contribution is 2.18. The van der Waals surface area contributed by atoms with E-state index < -0.39 is 0 Å². The summed E-state index contributed by atoms with van der Waals surface area (Å²) in [5.41, 5.74) is 0.755. The van der Waals surface area contributed by atoms with Crippen LogP contribution in [-0.2, 0) is 0 Å². The van der Waals surface area contributed by atoms with E-state index >= 15 is 0 Å². The topological polar surface area (TPSA) is 48.9 Å². The number of hydrogen-bond donors (Lipinski definition) is 0. The van der Waals surface area contributed by atoms with E-state index in [-0.39, 0.29) is 5.78 Å². The Kier molecular flexibility index (Phi) is 7.54. The number of ether oxygens (including phenoxy) is 1. The summed E-state index contributed by atoms with van der Waals surface area (Å²) in [6.45, 7) is 9.35. The summed E-state index contributed by atoms with van der Waals surface area (Å²) in [6.07, 6.45) is 5.50. The smallest absolute Gasteiger partial charge is 0.176 e. The molecule has 0 spiro atoms. The Bertz CT molecular complexity index is 819. The summed E-state index contributed by atoms with van der Waals surface area (Å²) in [5.74, 6) is 2.02. The number of rotatable bonds is 9. The fraction of sp³-hybridized carbons (Fsp3) is 0.520. The van der Waals surface area contributed by atoms with Crippen LogP contribution >= 0.6 is 0 Å². The molecule has 1 aromatic heterocycles. The van der Waals surface area contributed by atoms with Gasteiger partial charge in [0.15, 0.2) is 5.78 Å². The predicted octanol–water partition coefficient (Wildman–Crippen LogP) is 3.34. The molecule has 0 N–H and O–H groups in total. The average molecular weight is 423 g/mol. The van der Waals surface area contributed by atoms with Crippen molar-refractivity contribution in [1.82, 2.24) is 14.8 Å². The zero-order chi connectivity index (χ0) is 21.5. The van der Waals surface area contributed by atoms with Crippen molar-refractivity contribution in [3.63, 3.8) is 0 Å². The minimum absolute atomic E-state index is 0.167. The van der Waals surface area contributed by atoms with Gasteiger partial charge in [-0.15, -0.1) is 0 Å². The molecule has 2 aromatic rings. The fourth-order valence-corrected chi connectivity index (χ4v) is 4.49. The number of Topliss-reactive ketones (excluding diaryl/α,β-unsaturated/α-hetero) is 1. The molecule has 3 heterocycles. The van der Waals surface area contributed by atoms with Gasteiger partial charge >= 0.3 is 0 Å². The molecule has 0 bridgehead atoms. The minimum atomic E-state index is 0.167. The van der Waals surface area contributed by atoms with Crippen LogP contribution in [-0.4, -0.2) is 79.0 Å². The molecule has 6 nitrogen and oxygen atoms in total. The number of hydrogen-bond acceptors (Lipinski definition) is 6. The molecule has 0 amide bonds. The van der Waals surface area contributed by atoms with Crippen LogP contribution < -0.4 is 9.64 Å². The van der Waals surface area contributed by atoms with Gasteiger partial charge in [-0.25, -0.2) is 4.98 Å². The molecule has 31 heavy (non-hydrogen) atoms. The van der Waals surface area contributed by atoms with Crippen molar-refractivity contribution in [2.75, 3.05) is 57.3 Å². The summed E-state index contributed by atoms with van der Waals surface area (Å²) in [7, 11) is 0. The highest BCUT2D eigenvalue weighted by molar-refractivity contribution is 5.97. The molecule has 1 aromatic carbocycles. The molecule has 0 aliphatic carbocycles. The predicted molar refractivity (Wildman–Crippen MR) is 124 cm³/mol. The maximum absolute atomic E-state index is 12.7. The molecule has 0 radical (unpaired) electrons. The van der Waals surface area contributed by atoms with Crippen LogP contribution in [0.15, 0.2) is 48.7 Å². The zero-order valence-corrected chi connectivity index (χ0v) is 18.6. The monoisotopic (exact) mass is 422 g/mol. The van der Waals surface area contributed by atoms with E-state index in [1.807, 2.05) is 48.7 Å². The Hall–Kier alpha value is -2.44. The van der Waals surface area contributed by atoms with Gasteiger partial charge in [0.2, 0.25) is 0 Å². The van der Waals surface area contributed by atoms with Crippen molar-refractivity contribution in [1.29, 1.82) is 0 Å². The Balaban J connectivity index is 1.17. The number of ketones is 1. The van der Waals surface area contributed by atoms with Gasteiger partial charge in [0, 0.05) is 50.5 Å². The standard InChI is InChI=1S/C25H34N4O2/c1-21-6-4-13-28(21)14-5-19-31-23-10-8-22(9-11-23)24(30)20-27-15-17-29(18-16-27)25-7-2-3-12-26-25/h2-3,7-12,21H,4-6,13-20H2,1H3. The molecule has 1 unspecified atom stereocenters. The Morgan fingerprint density at radius 1 is 1.06 bits per heavy atom. The second-order valence-electron chi connectivity index (χ2n) is 8.63. The highest BCUT2D eigenvalue weighted by Gasteiger charge is 2.21. The summed E-state index contributed by atoms with van der Waals surface area (Å²) in [5, 5.41) is 0. The number of likely N-dealkylation sites (tertiary alicyclic amines) is 1. The van der Waals surface area contributed by atoms with E-state index in [0.717, 1.165) is 62.9 Å². The molecular weight excluding hydrogens is 388 g/mol. The summed E-state index contributed by atoms with van der Waals surface area (Å²) in [4.78, 5) is 24.2. The van der Waals surface area contributed by atoms with Crippen LogP contribution in [0, 0.1) is 0 Å². The van der Waals surface area contributed by atoms with Crippen LogP contribution in [0.5, 0.6) is 5.75 Å². The first kappa shape index (κ1) is 21.8. The van der Waals surface area contributed by atoms with Crippen molar-refractivity contribution >= 4 is 11.6 Å². The van der Waals surface area contributed by atoms with E-state index in [0.29, 0.717) is 12.6 Å². The van der Waals surface area contributed by atoms with Crippen LogP contribution in [0.2, 0.25) is 0 Å². The van der Waals surface area contributed by atoms with Gasteiger partial charge in [-0.1, -0.05) is 6.07 Å². The summed E-state index contributed by atoms with van der Waals surface area (Å²) < 4.78 is 5.88. The highest BCUT2D eigenvalue weighted by atomic mass is 16.5.